The van der Waals surface area contributed by atoms with Crippen LogP contribution in [0.1, 0.15) is 26.2 Å². The molecule has 0 aromatic heterocycles. The van der Waals surface area contributed by atoms with Gasteiger partial charge < -0.3 is 15.5 Å². The Morgan fingerprint density at radius 3 is 2.56 bits per heavy atom. The van der Waals surface area contributed by atoms with Gasteiger partial charge in [-0.1, -0.05) is 6.92 Å². The van der Waals surface area contributed by atoms with Crippen LogP contribution in [0.5, 0.6) is 0 Å². The summed E-state index contributed by atoms with van der Waals surface area (Å²) in [6.07, 6.45) is 3.15. The smallest absolute Gasteiger partial charge is 0.223 e. The zero-order chi connectivity index (χ0) is 11.8. The lowest BCUT2D eigenvalue weighted by molar-refractivity contribution is -0.126. The van der Waals surface area contributed by atoms with Gasteiger partial charge in [-0.2, -0.15) is 0 Å². The van der Waals surface area contributed by atoms with E-state index in [1.807, 2.05) is 0 Å². The van der Waals surface area contributed by atoms with Crippen molar-refractivity contribution in [2.75, 3.05) is 39.8 Å². The molecule has 2 N–H and O–H groups in total. The summed E-state index contributed by atoms with van der Waals surface area (Å²) in [5, 5.41) is 6.28. The number of nitrogens with one attached hydrogen (secondary N) is 2. The van der Waals surface area contributed by atoms with Crippen molar-refractivity contribution in [1.82, 2.24) is 15.5 Å². The van der Waals surface area contributed by atoms with Crippen molar-refractivity contribution in [3.8, 4) is 0 Å². The Morgan fingerprint density at radius 1 is 1.25 bits per heavy atom. The molecule has 0 bridgehead atoms. The number of amides is 1. The topological polar surface area (TPSA) is 44.4 Å². The van der Waals surface area contributed by atoms with Gasteiger partial charge >= 0.3 is 0 Å². The van der Waals surface area contributed by atoms with Crippen LogP contribution in [0.15, 0.2) is 0 Å². The van der Waals surface area contributed by atoms with E-state index in [2.05, 4.69) is 29.5 Å². The maximum absolute atomic E-state index is 11.8. The molecule has 16 heavy (non-hydrogen) atoms. The molecule has 0 aliphatic carbocycles. The number of hydrogen-bond donors (Lipinski definition) is 2. The predicted octanol–water partition coefficient (Wildman–Crippen LogP) is 0.444. The van der Waals surface area contributed by atoms with Gasteiger partial charge in [0.1, 0.15) is 0 Å². The molecule has 94 valence electrons. The average Bonchev–Trinajstić information content (AvgIpc) is 2.29. The minimum absolute atomic E-state index is 0.238. The molecule has 1 fully saturated rings. The van der Waals surface area contributed by atoms with Crippen LogP contribution in [0.2, 0.25) is 0 Å². The SMILES string of the molecule is CCCNCCNC(=O)C1CCN(C)CC1. The van der Waals surface area contributed by atoms with Gasteiger partial charge in [-0.25, -0.2) is 0 Å². The molecule has 0 spiro atoms. The van der Waals surface area contributed by atoms with Gasteiger partial charge in [-0.3, -0.25) is 4.79 Å². The Balaban J connectivity index is 2.06. The van der Waals surface area contributed by atoms with Gasteiger partial charge in [0.05, 0.1) is 0 Å². The summed E-state index contributed by atoms with van der Waals surface area (Å²) in [5.74, 6) is 0.480. The van der Waals surface area contributed by atoms with E-state index < -0.39 is 0 Å². The molecule has 1 saturated heterocycles. The first-order valence-corrected chi connectivity index (χ1v) is 6.41. The maximum atomic E-state index is 11.8. The van der Waals surface area contributed by atoms with Gasteiger partial charge in [0.25, 0.3) is 0 Å². The lowest BCUT2D eigenvalue weighted by Crippen LogP contribution is -2.41. The Kier molecular flexibility index (Phi) is 6.42. The summed E-state index contributed by atoms with van der Waals surface area (Å²) in [6.45, 7) is 6.91. The largest absolute Gasteiger partial charge is 0.355 e. The summed E-state index contributed by atoms with van der Waals surface area (Å²) in [6, 6.07) is 0. The minimum atomic E-state index is 0.238. The number of carbonyl (C=O) groups is 1. The Labute approximate surface area is 98.8 Å². The standard InChI is InChI=1S/C12H25N3O/c1-3-6-13-7-8-14-12(16)11-4-9-15(2)10-5-11/h11,13H,3-10H2,1-2H3,(H,14,16). The first-order chi connectivity index (χ1) is 7.74. The lowest BCUT2D eigenvalue weighted by Gasteiger charge is -2.28. The molecule has 1 aliphatic heterocycles. The zero-order valence-electron chi connectivity index (χ0n) is 10.6. The lowest BCUT2D eigenvalue weighted by atomic mass is 9.96. The third-order valence-corrected chi connectivity index (χ3v) is 3.12. The summed E-state index contributed by atoms with van der Waals surface area (Å²) in [4.78, 5) is 14.1. The van der Waals surface area contributed by atoms with Gasteiger partial charge in [0.15, 0.2) is 0 Å². The molecule has 4 heteroatoms. The van der Waals surface area contributed by atoms with Crippen molar-refractivity contribution >= 4 is 5.91 Å². The molecule has 1 heterocycles. The van der Waals surface area contributed by atoms with Crippen LogP contribution in [0.25, 0.3) is 0 Å². The summed E-state index contributed by atoms with van der Waals surface area (Å²) < 4.78 is 0. The normalized spacial score (nSPS) is 18.6. The van der Waals surface area contributed by atoms with Gasteiger partial charge in [-0.05, 0) is 45.9 Å². The molecule has 0 radical (unpaired) electrons. The Bertz CT molecular complexity index is 200. The zero-order valence-corrected chi connectivity index (χ0v) is 10.6. The molecule has 0 saturated carbocycles. The number of hydrogen-bond acceptors (Lipinski definition) is 3. The van der Waals surface area contributed by atoms with E-state index in [1.165, 1.54) is 0 Å². The van der Waals surface area contributed by atoms with E-state index in [0.717, 1.165) is 52.0 Å². The second-order valence-electron chi connectivity index (χ2n) is 4.62. The van der Waals surface area contributed by atoms with E-state index in [1.54, 1.807) is 0 Å². The third kappa shape index (κ3) is 4.94. The second-order valence-corrected chi connectivity index (χ2v) is 4.62. The first kappa shape index (κ1) is 13.5. The minimum Gasteiger partial charge on any atom is -0.355 e. The first-order valence-electron chi connectivity index (χ1n) is 6.41. The Hall–Kier alpha value is -0.610. The fourth-order valence-electron chi connectivity index (χ4n) is 1.99. The third-order valence-electron chi connectivity index (χ3n) is 3.12. The highest BCUT2D eigenvalue weighted by atomic mass is 16.1. The highest BCUT2D eigenvalue weighted by Crippen LogP contribution is 2.15. The van der Waals surface area contributed by atoms with Gasteiger partial charge in [-0.15, -0.1) is 0 Å². The maximum Gasteiger partial charge on any atom is 0.223 e. The van der Waals surface area contributed by atoms with Crippen LogP contribution in [-0.4, -0.2) is 50.6 Å². The number of rotatable bonds is 6. The van der Waals surface area contributed by atoms with Gasteiger partial charge in [0, 0.05) is 19.0 Å². The Morgan fingerprint density at radius 2 is 1.94 bits per heavy atom. The fourth-order valence-corrected chi connectivity index (χ4v) is 1.99. The van der Waals surface area contributed by atoms with Gasteiger partial charge in [0.2, 0.25) is 5.91 Å². The second kappa shape index (κ2) is 7.63. The van der Waals surface area contributed by atoms with Crippen molar-refractivity contribution in [2.45, 2.75) is 26.2 Å². The summed E-state index contributed by atoms with van der Waals surface area (Å²) in [7, 11) is 2.11. The highest BCUT2D eigenvalue weighted by Gasteiger charge is 2.22. The molecule has 0 unspecified atom stereocenters. The molecule has 0 aromatic carbocycles. The molecule has 1 aliphatic rings. The summed E-state index contributed by atoms with van der Waals surface area (Å²) in [5.41, 5.74) is 0. The van der Waals surface area contributed by atoms with Crippen LogP contribution in [0.3, 0.4) is 0 Å². The van der Waals surface area contributed by atoms with Crippen molar-refractivity contribution in [2.24, 2.45) is 5.92 Å². The van der Waals surface area contributed by atoms with Crippen molar-refractivity contribution in [3.63, 3.8) is 0 Å². The highest BCUT2D eigenvalue weighted by molar-refractivity contribution is 5.78. The number of piperidine rings is 1. The van der Waals surface area contributed by atoms with E-state index >= 15 is 0 Å². The molecule has 1 rings (SSSR count). The van der Waals surface area contributed by atoms with Crippen LogP contribution >= 0.6 is 0 Å². The molecule has 1 amide bonds. The number of carbonyl (C=O) groups excluding carboxylic acids is 1. The number of likely N-dealkylation sites (tertiary alicyclic amines) is 1. The quantitative estimate of drug-likeness (QED) is 0.647. The molecule has 0 aromatic rings. The van der Waals surface area contributed by atoms with E-state index in [4.69, 9.17) is 0 Å². The van der Waals surface area contributed by atoms with Crippen LogP contribution < -0.4 is 10.6 Å². The van der Waals surface area contributed by atoms with Crippen LogP contribution in [-0.2, 0) is 4.79 Å². The molecule has 4 nitrogen and oxygen atoms in total. The molecular weight excluding hydrogens is 202 g/mol. The number of nitrogens with zero attached hydrogens (tertiary/aromatic N) is 1. The van der Waals surface area contributed by atoms with Crippen LogP contribution in [0, 0.1) is 5.92 Å². The van der Waals surface area contributed by atoms with Crippen LogP contribution in [0.4, 0.5) is 0 Å². The molecule has 0 atom stereocenters. The van der Waals surface area contributed by atoms with Crippen molar-refractivity contribution in [1.29, 1.82) is 0 Å². The van der Waals surface area contributed by atoms with Crippen molar-refractivity contribution < 1.29 is 4.79 Å². The predicted molar refractivity (Wildman–Crippen MR) is 66.4 cm³/mol. The average molecular weight is 227 g/mol. The van der Waals surface area contributed by atoms with E-state index in [-0.39, 0.29) is 11.8 Å². The molecular formula is C12H25N3O. The fraction of sp³-hybridized carbons (Fsp3) is 0.917. The monoisotopic (exact) mass is 227 g/mol. The van der Waals surface area contributed by atoms with E-state index in [9.17, 15) is 4.79 Å². The van der Waals surface area contributed by atoms with E-state index in [0.29, 0.717) is 0 Å². The summed E-state index contributed by atoms with van der Waals surface area (Å²) >= 11 is 0. The van der Waals surface area contributed by atoms with Crippen molar-refractivity contribution in [3.05, 3.63) is 0 Å².